The van der Waals surface area contributed by atoms with E-state index in [4.69, 9.17) is 9.47 Å². The normalized spacial score (nSPS) is 13.3. The Kier molecular flexibility index (Phi) is 6.03. The van der Waals surface area contributed by atoms with Crippen LogP contribution in [0.25, 0.3) is 22.3 Å². The average molecular weight is 616 g/mol. The van der Waals surface area contributed by atoms with Gasteiger partial charge in [-0.15, -0.1) is 0 Å². The zero-order valence-electron chi connectivity index (χ0n) is 25.4. The monoisotopic (exact) mass is 616 g/mol. The van der Waals surface area contributed by atoms with Crippen LogP contribution in [0.2, 0.25) is 0 Å². The highest BCUT2D eigenvalue weighted by Crippen LogP contribution is 2.38. The summed E-state index contributed by atoms with van der Waals surface area (Å²) < 4.78 is 13.2. The third-order valence-electron chi connectivity index (χ3n) is 9.76. The molecule has 0 N–H and O–H groups in total. The molecule has 3 heterocycles. The molecule has 3 aliphatic heterocycles. The lowest BCUT2D eigenvalue weighted by molar-refractivity contribution is 0.464. The molecule has 0 aromatic heterocycles. The van der Waals surface area contributed by atoms with Gasteiger partial charge in [0, 0.05) is 15.3 Å². The van der Waals surface area contributed by atoms with E-state index in [9.17, 15) is 0 Å². The maximum absolute atomic E-state index is 6.73. The summed E-state index contributed by atoms with van der Waals surface area (Å²) in [6.07, 6.45) is 0. The smallest absolute Gasteiger partial charge is 0.260 e. The Bertz CT molecular complexity index is 2300. The molecule has 0 atom stereocenters. The maximum atomic E-state index is 6.73. The summed E-state index contributed by atoms with van der Waals surface area (Å²) in [5.74, 6) is 3.56. The molecule has 0 aliphatic carbocycles. The average Bonchev–Trinajstić information content (AvgIpc) is 3.13. The van der Waals surface area contributed by atoms with Crippen molar-refractivity contribution in [3.8, 4) is 45.3 Å². The molecule has 0 saturated heterocycles. The summed E-state index contributed by atoms with van der Waals surface area (Å²) in [6.45, 7) is 0.0204. The third-order valence-corrected chi connectivity index (χ3v) is 10.9. The molecule has 0 bridgehead atoms. The Balaban J connectivity index is 1.27. The van der Waals surface area contributed by atoms with Crippen LogP contribution in [0.4, 0.5) is 0 Å². The van der Waals surface area contributed by atoms with Crippen LogP contribution in [0.1, 0.15) is 0 Å². The molecule has 218 valence electrons. The van der Waals surface area contributed by atoms with Crippen LogP contribution in [0.3, 0.4) is 0 Å². The molecule has 10 rings (SSSR count). The number of rotatable bonds is 3. The second-order valence-electron chi connectivity index (χ2n) is 12.3. The van der Waals surface area contributed by atoms with Gasteiger partial charge in [-0.3, -0.25) is 0 Å². The fourth-order valence-electron chi connectivity index (χ4n) is 7.76. The zero-order chi connectivity index (χ0) is 30.9. The van der Waals surface area contributed by atoms with Gasteiger partial charge in [-0.1, -0.05) is 156 Å². The van der Waals surface area contributed by atoms with E-state index in [1.54, 1.807) is 0 Å². The van der Waals surface area contributed by atoms with Gasteiger partial charge in [0.2, 0.25) is 6.71 Å². The van der Waals surface area contributed by atoms with Crippen molar-refractivity contribution in [2.45, 2.75) is 9.79 Å². The molecular formula is C42H26B2O2S. The first-order chi connectivity index (χ1) is 23.3. The molecule has 0 radical (unpaired) electrons. The summed E-state index contributed by atoms with van der Waals surface area (Å²) in [5, 5.41) is 0. The van der Waals surface area contributed by atoms with Gasteiger partial charge in [0.05, 0.1) is 0 Å². The summed E-state index contributed by atoms with van der Waals surface area (Å²) in [4.78, 5) is 2.51. The quantitative estimate of drug-likeness (QED) is 0.205. The Morgan fingerprint density at radius 3 is 1.64 bits per heavy atom. The highest BCUT2D eigenvalue weighted by Gasteiger charge is 2.42. The summed E-state index contributed by atoms with van der Waals surface area (Å²) in [6, 6.07) is 56.7. The second kappa shape index (κ2) is 10.6. The van der Waals surface area contributed by atoms with E-state index in [0.29, 0.717) is 0 Å². The van der Waals surface area contributed by atoms with Gasteiger partial charge < -0.3 is 9.47 Å². The van der Waals surface area contributed by atoms with Crippen LogP contribution in [0.5, 0.6) is 23.0 Å². The van der Waals surface area contributed by atoms with Crippen molar-refractivity contribution in [3.05, 3.63) is 158 Å². The number of hydrogen-bond donors (Lipinski definition) is 0. The largest absolute Gasteiger partial charge is 0.458 e. The van der Waals surface area contributed by atoms with Crippen molar-refractivity contribution in [2.75, 3.05) is 0 Å². The van der Waals surface area contributed by atoms with E-state index in [1.165, 1.54) is 59.4 Å². The van der Waals surface area contributed by atoms with Crippen LogP contribution < -0.4 is 42.3 Å². The minimum absolute atomic E-state index is 0.00564. The minimum Gasteiger partial charge on any atom is -0.458 e. The Hall–Kier alpha value is -5.38. The first kappa shape index (κ1) is 26.8. The zero-order valence-corrected chi connectivity index (χ0v) is 26.2. The van der Waals surface area contributed by atoms with Gasteiger partial charge in [-0.25, -0.2) is 0 Å². The van der Waals surface area contributed by atoms with E-state index in [0.717, 1.165) is 28.5 Å². The molecule has 0 amide bonds. The molecule has 7 aromatic rings. The van der Waals surface area contributed by atoms with E-state index in [1.807, 2.05) is 17.8 Å². The van der Waals surface area contributed by atoms with E-state index < -0.39 is 0 Å². The number of ether oxygens (including phenoxy) is 2. The van der Waals surface area contributed by atoms with Crippen LogP contribution in [0, 0.1) is 0 Å². The molecule has 0 spiro atoms. The van der Waals surface area contributed by atoms with Crippen LogP contribution in [-0.2, 0) is 0 Å². The Labute approximate surface area is 279 Å². The van der Waals surface area contributed by atoms with Crippen molar-refractivity contribution in [1.82, 2.24) is 0 Å². The maximum Gasteiger partial charge on any atom is 0.260 e. The minimum atomic E-state index is 0.00564. The van der Waals surface area contributed by atoms with E-state index in [2.05, 4.69) is 152 Å². The lowest BCUT2D eigenvalue weighted by atomic mass is 9.31. The predicted octanol–water partition coefficient (Wildman–Crippen LogP) is 6.73. The lowest BCUT2D eigenvalue weighted by Gasteiger charge is -2.35. The summed E-state index contributed by atoms with van der Waals surface area (Å²) in [5.41, 5.74) is 12.4. The molecule has 3 aliphatic rings. The predicted molar refractivity (Wildman–Crippen MR) is 197 cm³/mol. The summed E-state index contributed by atoms with van der Waals surface area (Å²) in [7, 11) is 0. The molecule has 0 unspecified atom stereocenters. The number of para-hydroxylation sites is 1. The summed E-state index contributed by atoms with van der Waals surface area (Å²) >= 11 is 1.85. The van der Waals surface area contributed by atoms with Gasteiger partial charge >= 0.3 is 0 Å². The highest BCUT2D eigenvalue weighted by molar-refractivity contribution is 8.00. The van der Waals surface area contributed by atoms with Crippen LogP contribution in [-0.4, -0.2) is 13.4 Å². The van der Waals surface area contributed by atoms with Gasteiger partial charge in [0.15, 0.2) is 0 Å². The van der Waals surface area contributed by atoms with Gasteiger partial charge in [0.25, 0.3) is 6.71 Å². The molecule has 0 saturated carbocycles. The third kappa shape index (κ3) is 4.16. The lowest BCUT2D eigenvalue weighted by Crippen LogP contribution is -2.61. The number of hydrogen-bond acceptors (Lipinski definition) is 3. The van der Waals surface area contributed by atoms with Crippen molar-refractivity contribution in [3.63, 3.8) is 0 Å². The molecule has 47 heavy (non-hydrogen) atoms. The Morgan fingerprint density at radius 1 is 0.362 bits per heavy atom. The van der Waals surface area contributed by atoms with E-state index in [-0.39, 0.29) is 13.4 Å². The van der Waals surface area contributed by atoms with Crippen LogP contribution >= 0.6 is 11.8 Å². The van der Waals surface area contributed by atoms with Gasteiger partial charge in [0.1, 0.15) is 23.0 Å². The second-order valence-corrected chi connectivity index (χ2v) is 13.4. The van der Waals surface area contributed by atoms with Crippen molar-refractivity contribution >= 4 is 58.0 Å². The number of fused-ring (bicyclic) bond motifs is 6. The number of benzene rings is 7. The van der Waals surface area contributed by atoms with Gasteiger partial charge in [-0.2, -0.15) is 0 Å². The standard InChI is InChI=1S/C42H26B2O2S/c1-3-13-27(14-4-1)29-17-11-18-30(28-15-5-2-6-16-28)41(29)44-32-20-8-10-24-39(32)47-40-26-38-33(25-34(40)44)43-31-19-7-9-21-35(31)45-36-22-12-23-37(46-38)42(36)43/h1-26H. The first-order valence-corrected chi connectivity index (χ1v) is 16.9. The molecule has 2 nitrogen and oxygen atoms in total. The van der Waals surface area contributed by atoms with Gasteiger partial charge in [-0.05, 0) is 63.5 Å². The van der Waals surface area contributed by atoms with E-state index >= 15 is 0 Å². The topological polar surface area (TPSA) is 18.5 Å². The molecule has 5 heteroatoms. The fraction of sp³-hybridized carbons (Fsp3) is 0. The van der Waals surface area contributed by atoms with Crippen molar-refractivity contribution in [2.24, 2.45) is 0 Å². The van der Waals surface area contributed by atoms with Crippen molar-refractivity contribution < 1.29 is 9.47 Å². The molecule has 7 aromatic carbocycles. The molecular weight excluding hydrogens is 590 g/mol. The Morgan fingerprint density at radius 2 is 0.915 bits per heavy atom. The fourth-order valence-corrected chi connectivity index (χ4v) is 8.91. The molecule has 0 fully saturated rings. The first-order valence-electron chi connectivity index (χ1n) is 16.1. The van der Waals surface area contributed by atoms with Crippen molar-refractivity contribution in [1.29, 1.82) is 0 Å². The highest BCUT2D eigenvalue weighted by atomic mass is 32.2. The van der Waals surface area contributed by atoms with Crippen LogP contribution in [0.15, 0.2) is 168 Å². The SMILES string of the molecule is c1ccc(-c2cccc(-c3ccccc3)c2B2c3ccccc3Sc3cc4c(cc32)B2c3ccccc3Oc3cccc(c32)O4)cc1.